The molecule has 0 atom stereocenters. The highest BCUT2D eigenvalue weighted by atomic mass is 16.2. The Bertz CT molecular complexity index is 901. The molecule has 0 bridgehead atoms. The summed E-state index contributed by atoms with van der Waals surface area (Å²) in [5.41, 5.74) is 4.89. The maximum Gasteiger partial charge on any atom is 0.266 e. The van der Waals surface area contributed by atoms with Crippen LogP contribution in [0.4, 0.5) is 11.4 Å². The number of nitrogens with one attached hydrogen (secondary N) is 3. The molecule has 0 saturated carbocycles. The van der Waals surface area contributed by atoms with E-state index >= 15 is 0 Å². The molecule has 25 heavy (non-hydrogen) atoms. The number of amides is 3. The highest BCUT2D eigenvalue weighted by molar-refractivity contribution is 6.45. The number of carbonyl (C=O) groups excluding carboxylic acids is 3. The fraction of sp³-hybridized carbons (Fsp3) is 0.0556. The predicted molar refractivity (Wildman–Crippen MR) is 95.0 cm³/mol. The highest BCUT2D eigenvalue weighted by Gasteiger charge is 2.30. The van der Waals surface area contributed by atoms with Crippen LogP contribution >= 0.6 is 0 Å². The van der Waals surface area contributed by atoms with Gasteiger partial charge >= 0.3 is 0 Å². The molecule has 5 N–H and O–H groups in total. The van der Waals surface area contributed by atoms with Crippen molar-refractivity contribution in [1.29, 1.82) is 0 Å². The lowest BCUT2D eigenvalue weighted by molar-refractivity contribution is -0.116. The van der Waals surface area contributed by atoms with Crippen molar-refractivity contribution in [2.24, 2.45) is 5.84 Å². The first-order chi connectivity index (χ1) is 12.0. The summed E-state index contributed by atoms with van der Waals surface area (Å²) >= 11 is 0. The van der Waals surface area contributed by atoms with Crippen LogP contribution in [0.2, 0.25) is 0 Å². The third-order valence-corrected chi connectivity index (χ3v) is 3.77. The lowest BCUT2D eigenvalue weighted by atomic mass is 9.94. The van der Waals surface area contributed by atoms with Gasteiger partial charge in [-0.2, -0.15) is 0 Å². The largest absolute Gasteiger partial charge is 0.326 e. The molecule has 1 aliphatic rings. The number of carbonyl (C=O) groups is 3. The van der Waals surface area contributed by atoms with E-state index in [0.717, 1.165) is 0 Å². The Labute approximate surface area is 143 Å². The number of hydrogen-bond donors (Lipinski definition) is 4. The van der Waals surface area contributed by atoms with Gasteiger partial charge in [0.05, 0.1) is 11.1 Å². The van der Waals surface area contributed by atoms with E-state index in [-0.39, 0.29) is 23.0 Å². The summed E-state index contributed by atoms with van der Waals surface area (Å²) in [4.78, 5) is 35.9. The first-order valence-corrected chi connectivity index (χ1v) is 7.55. The van der Waals surface area contributed by atoms with Crippen LogP contribution in [0.1, 0.15) is 18.1 Å². The normalized spacial score (nSPS) is 14.4. The average Bonchev–Trinajstić information content (AvgIpc) is 2.92. The first kappa shape index (κ1) is 16.4. The van der Waals surface area contributed by atoms with Crippen molar-refractivity contribution in [3.05, 3.63) is 59.7 Å². The fourth-order valence-corrected chi connectivity index (χ4v) is 2.75. The molecule has 3 amide bonds. The first-order valence-electron chi connectivity index (χ1n) is 7.55. The Morgan fingerprint density at radius 1 is 1.04 bits per heavy atom. The van der Waals surface area contributed by atoms with E-state index in [2.05, 4.69) is 16.1 Å². The molecule has 3 rings (SSSR count). The molecule has 126 valence electrons. The highest BCUT2D eigenvalue weighted by Crippen LogP contribution is 2.37. The van der Waals surface area contributed by atoms with Crippen molar-refractivity contribution in [3.8, 4) is 0 Å². The van der Waals surface area contributed by atoms with Gasteiger partial charge in [-0.05, 0) is 23.8 Å². The van der Waals surface area contributed by atoms with E-state index in [1.54, 1.807) is 48.5 Å². The van der Waals surface area contributed by atoms with Gasteiger partial charge in [0.25, 0.3) is 11.8 Å². The molecule has 0 aromatic heterocycles. The number of hydrogen-bond acceptors (Lipinski definition) is 4. The van der Waals surface area contributed by atoms with Crippen LogP contribution in [0.25, 0.3) is 11.1 Å². The zero-order valence-electron chi connectivity index (χ0n) is 13.4. The molecule has 7 nitrogen and oxygen atoms in total. The van der Waals surface area contributed by atoms with Gasteiger partial charge in [-0.25, -0.2) is 5.84 Å². The number of nitrogens with two attached hydrogens (primary N) is 1. The van der Waals surface area contributed by atoms with E-state index in [1.165, 1.54) is 6.92 Å². The second kappa shape index (κ2) is 6.58. The maximum atomic E-state index is 12.4. The summed E-state index contributed by atoms with van der Waals surface area (Å²) in [5, 5.41) is 5.39. The molecule has 0 unspecified atom stereocenters. The van der Waals surface area contributed by atoms with Crippen LogP contribution in [-0.4, -0.2) is 17.7 Å². The standard InChI is InChI=1S/C18H16N4O3/c1-10(23)20-12-8-6-11(7-9-12)15(18(25)22-19)16-13-4-2-3-5-14(13)21-17(16)24/h2-9H,19H2,1H3,(H,20,23)(H,21,24)(H,22,25). The van der Waals surface area contributed by atoms with E-state index < -0.39 is 5.91 Å². The quantitative estimate of drug-likeness (QED) is 0.294. The third kappa shape index (κ3) is 3.13. The van der Waals surface area contributed by atoms with E-state index in [4.69, 9.17) is 5.84 Å². The Morgan fingerprint density at radius 2 is 1.72 bits per heavy atom. The summed E-state index contributed by atoms with van der Waals surface area (Å²) in [6.45, 7) is 1.41. The number of anilines is 2. The second-order valence-electron chi connectivity index (χ2n) is 5.48. The van der Waals surface area contributed by atoms with Crippen molar-refractivity contribution in [2.45, 2.75) is 6.92 Å². The summed E-state index contributed by atoms with van der Waals surface area (Å²) < 4.78 is 0. The molecule has 7 heteroatoms. The van der Waals surface area contributed by atoms with Crippen molar-refractivity contribution < 1.29 is 14.4 Å². The molecule has 0 radical (unpaired) electrons. The second-order valence-corrected chi connectivity index (χ2v) is 5.48. The molecular weight excluding hydrogens is 320 g/mol. The zero-order valence-corrected chi connectivity index (χ0v) is 13.4. The lowest BCUT2D eigenvalue weighted by Gasteiger charge is -2.11. The number of rotatable bonds is 3. The lowest BCUT2D eigenvalue weighted by Crippen LogP contribution is -2.31. The van der Waals surface area contributed by atoms with Crippen LogP contribution in [0.5, 0.6) is 0 Å². The number of fused-ring (bicyclic) bond motifs is 1. The molecule has 0 spiro atoms. The molecule has 1 heterocycles. The molecule has 0 aliphatic carbocycles. The topological polar surface area (TPSA) is 113 Å². The van der Waals surface area contributed by atoms with Crippen molar-refractivity contribution in [3.63, 3.8) is 0 Å². The predicted octanol–water partition coefficient (Wildman–Crippen LogP) is 1.50. The molecule has 2 aromatic rings. The van der Waals surface area contributed by atoms with E-state index in [1.807, 2.05) is 0 Å². The van der Waals surface area contributed by atoms with Crippen molar-refractivity contribution in [1.82, 2.24) is 5.43 Å². The van der Waals surface area contributed by atoms with Gasteiger partial charge in [-0.1, -0.05) is 30.3 Å². The van der Waals surface area contributed by atoms with E-state index in [0.29, 0.717) is 22.5 Å². The zero-order chi connectivity index (χ0) is 18.0. The Kier molecular flexibility index (Phi) is 4.32. The van der Waals surface area contributed by atoms with Crippen LogP contribution in [0.15, 0.2) is 48.5 Å². The number of para-hydroxylation sites is 1. The molecule has 2 aromatic carbocycles. The minimum absolute atomic E-state index is 0.166. The average molecular weight is 336 g/mol. The summed E-state index contributed by atoms with van der Waals surface area (Å²) in [5.74, 6) is 4.17. The van der Waals surface area contributed by atoms with Gasteiger partial charge in [0.1, 0.15) is 0 Å². The van der Waals surface area contributed by atoms with E-state index in [9.17, 15) is 14.4 Å². The summed E-state index contributed by atoms with van der Waals surface area (Å²) in [6, 6.07) is 13.7. The number of hydrazine groups is 1. The van der Waals surface area contributed by atoms with Crippen LogP contribution < -0.4 is 21.9 Å². The Hall–Kier alpha value is -3.45. The van der Waals surface area contributed by atoms with Gasteiger partial charge < -0.3 is 10.6 Å². The van der Waals surface area contributed by atoms with Crippen LogP contribution in [0.3, 0.4) is 0 Å². The van der Waals surface area contributed by atoms with Gasteiger partial charge in [-0.15, -0.1) is 0 Å². The molecular formula is C18H16N4O3. The minimum atomic E-state index is -0.575. The molecule has 0 fully saturated rings. The minimum Gasteiger partial charge on any atom is -0.326 e. The number of benzene rings is 2. The molecule has 0 saturated heterocycles. The Balaban J connectivity index is 2.15. The maximum absolute atomic E-state index is 12.4. The third-order valence-electron chi connectivity index (χ3n) is 3.77. The van der Waals surface area contributed by atoms with Crippen LogP contribution in [0, 0.1) is 0 Å². The van der Waals surface area contributed by atoms with Gasteiger partial charge in [-0.3, -0.25) is 19.8 Å². The van der Waals surface area contributed by atoms with Gasteiger partial charge in [0.2, 0.25) is 5.91 Å². The van der Waals surface area contributed by atoms with Crippen molar-refractivity contribution in [2.75, 3.05) is 10.6 Å². The summed E-state index contributed by atoms with van der Waals surface area (Å²) in [7, 11) is 0. The van der Waals surface area contributed by atoms with Gasteiger partial charge in [0.15, 0.2) is 0 Å². The summed E-state index contributed by atoms with van der Waals surface area (Å²) in [6.07, 6.45) is 0. The van der Waals surface area contributed by atoms with Gasteiger partial charge in [0, 0.05) is 23.9 Å². The van der Waals surface area contributed by atoms with Crippen molar-refractivity contribution >= 4 is 40.2 Å². The Morgan fingerprint density at radius 3 is 2.36 bits per heavy atom. The fourth-order valence-electron chi connectivity index (χ4n) is 2.75. The SMILES string of the molecule is CC(=O)Nc1ccc(C(C(=O)NN)=C2C(=O)Nc3ccccc32)cc1. The van der Waals surface area contributed by atoms with Crippen LogP contribution in [-0.2, 0) is 14.4 Å². The molecule has 1 aliphatic heterocycles. The smallest absolute Gasteiger partial charge is 0.266 e. The monoisotopic (exact) mass is 336 g/mol.